The van der Waals surface area contributed by atoms with E-state index in [1.54, 1.807) is 21.3 Å². The fourth-order valence-corrected chi connectivity index (χ4v) is 3.40. The molecule has 1 saturated heterocycles. The highest BCUT2D eigenvalue weighted by molar-refractivity contribution is 6.30. The first-order valence-electron chi connectivity index (χ1n) is 9.77. The number of hydrogen-bond acceptors (Lipinski definition) is 7. The lowest BCUT2D eigenvalue weighted by molar-refractivity contribution is -0.159. The topological polar surface area (TPSA) is 109 Å². The van der Waals surface area contributed by atoms with Crippen molar-refractivity contribution in [3.8, 4) is 17.2 Å². The van der Waals surface area contributed by atoms with Crippen LogP contribution in [0.25, 0.3) is 0 Å². The average Bonchev–Trinajstić information content (AvgIpc) is 2.80. The number of anilines is 1. The Hall–Kier alpha value is -3.17. The van der Waals surface area contributed by atoms with Gasteiger partial charge < -0.3 is 29.3 Å². The highest BCUT2D eigenvalue weighted by Crippen LogP contribution is 2.35. The number of rotatable bonds is 6. The van der Waals surface area contributed by atoms with E-state index in [9.17, 15) is 0 Å². The fourth-order valence-electron chi connectivity index (χ4n) is 3.27. The predicted molar refractivity (Wildman–Crippen MR) is 120 cm³/mol. The van der Waals surface area contributed by atoms with E-state index >= 15 is 0 Å². The highest BCUT2D eigenvalue weighted by atomic mass is 35.5. The molecule has 2 aromatic carbocycles. The number of methoxy groups -OCH3 is 3. The largest absolute Gasteiger partial charge is 0.496 e. The Balaban J connectivity index is 0.000000534. The summed E-state index contributed by atoms with van der Waals surface area (Å²) in [5, 5.41) is 15.6. The molecule has 32 heavy (non-hydrogen) atoms. The lowest BCUT2D eigenvalue weighted by Gasteiger charge is -2.36. The van der Waals surface area contributed by atoms with Crippen molar-refractivity contribution in [2.45, 2.75) is 6.54 Å². The molecule has 0 amide bonds. The van der Waals surface area contributed by atoms with Gasteiger partial charge in [-0.2, -0.15) is 0 Å². The van der Waals surface area contributed by atoms with E-state index in [-0.39, 0.29) is 0 Å². The van der Waals surface area contributed by atoms with Gasteiger partial charge in [0.05, 0.1) is 21.3 Å². The molecule has 0 saturated carbocycles. The maximum absolute atomic E-state index is 9.10. The smallest absolute Gasteiger partial charge is 0.414 e. The van der Waals surface area contributed by atoms with Crippen molar-refractivity contribution in [2.24, 2.45) is 0 Å². The normalized spacial score (nSPS) is 13.6. The second kappa shape index (κ2) is 12.0. The van der Waals surface area contributed by atoms with Crippen molar-refractivity contribution in [1.29, 1.82) is 0 Å². The molecule has 1 aliphatic heterocycles. The number of hydrogen-bond donors (Lipinski definition) is 2. The molecule has 9 nitrogen and oxygen atoms in total. The van der Waals surface area contributed by atoms with Gasteiger partial charge in [0.15, 0.2) is 11.5 Å². The number of aliphatic carboxylic acids is 2. The van der Waals surface area contributed by atoms with E-state index in [1.165, 1.54) is 5.69 Å². The van der Waals surface area contributed by atoms with Gasteiger partial charge in [0.1, 0.15) is 5.75 Å². The zero-order valence-electron chi connectivity index (χ0n) is 18.2. The van der Waals surface area contributed by atoms with Crippen molar-refractivity contribution in [1.82, 2.24) is 4.90 Å². The quantitative estimate of drug-likeness (QED) is 0.621. The van der Waals surface area contributed by atoms with Crippen LogP contribution in [-0.4, -0.2) is 74.6 Å². The van der Waals surface area contributed by atoms with Crippen molar-refractivity contribution >= 4 is 29.2 Å². The lowest BCUT2D eigenvalue weighted by atomic mass is 10.1. The molecule has 1 heterocycles. The van der Waals surface area contributed by atoms with Crippen LogP contribution in [0.2, 0.25) is 5.02 Å². The molecule has 10 heteroatoms. The summed E-state index contributed by atoms with van der Waals surface area (Å²) in [5.74, 6) is -1.42. The molecular formula is C22H27ClN2O7. The van der Waals surface area contributed by atoms with Crippen LogP contribution in [0.4, 0.5) is 5.69 Å². The first kappa shape index (κ1) is 25.1. The van der Waals surface area contributed by atoms with Gasteiger partial charge in [0, 0.05) is 55.1 Å². The Morgan fingerprint density at radius 2 is 1.34 bits per heavy atom. The van der Waals surface area contributed by atoms with Crippen LogP contribution >= 0.6 is 11.6 Å². The molecule has 3 rings (SSSR count). The molecule has 2 N–H and O–H groups in total. The van der Waals surface area contributed by atoms with Gasteiger partial charge >= 0.3 is 11.9 Å². The summed E-state index contributed by atoms with van der Waals surface area (Å²) < 4.78 is 16.3. The van der Waals surface area contributed by atoms with E-state index < -0.39 is 11.9 Å². The molecule has 0 atom stereocenters. The molecule has 0 aromatic heterocycles. The minimum Gasteiger partial charge on any atom is -0.496 e. The van der Waals surface area contributed by atoms with Crippen LogP contribution in [0.1, 0.15) is 5.56 Å². The van der Waals surface area contributed by atoms with Crippen LogP contribution in [-0.2, 0) is 16.1 Å². The Labute approximate surface area is 191 Å². The summed E-state index contributed by atoms with van der Waals surface area (Å²) in [6.45, 7) is 4.76. The van der Waals surface area contributed by atoms with E-state index in [0.717, 1.165) is 54.8 Å². The third-order valence-corrected chi connectivity index (χ3v) is 5.18. The molecule has 0 unspecified atom stereocenters. The second-order valence-electron chi connectivity index (χ2n) is 6.87. The predicted octanol–water partition coefficient (Wildman–Crippen LogP) is 2.84. The standard InChI is InChI=1S/C20H25ClN2O3.C2H2O4/c1-24-18-13-20(26-3)19(25-2)12-15(18)14-22-8-10-23(11-9-22)17-6-4-16(21)5-7-17;3-1(4)2(5)6/h4-7,12-13H,8-11,14H2,1-3H3;(H,3,4)(H,5,6). The summed E-state index contributed by atoms with van der Waals surface area (Å²) in [6.07, 6.45) is 0. The van der Waals surface area contributed by atoms with Gasteiger partial charge in [-0.3, -0.25) is 4.90 Å². The van der Waals surface area contributed by atoms with Gasteiger partial charge in [-0.25, -0.2) is 9.59 Å². The molecule has 0 bridgehead atoms. The van der Waals surface area contributed by atoms with E-state index in [0.29, 0.717) is 5.75 Å². The van der Waals surface area contributed by atoms with Gasteiger partial charge in [-0.05, 0) is 30.3 Å². The zero-order valence-corrected chi connectivity index (χ0v) is 19.0. The Morgan fingerprint density at radius 1 is 0.844 bits per heavy atom. The third kappa shape index (κ3) is 6.93. The Morgan fingerprint density at radius 3 is 1.81 bits per heavy atom. The molecule has 0 spiro atoms. The first-order chi connectivity index (χ1) is 15.3. The van der Waals surface area contributed by atoms with Gasteiger partial charge in [-0.15, -0.1) is 0 Å². The monoisotopic (exact) mass is 466 g/mol. The second-order valence-corrected chi connectivity index (χ2v) is 7.31. The minimum absolute atomic E-state index is 0.681. The van der Waals surface area contributed by atoms with Gasteiger partial charge in [0.2, 0.25) is 0 Å². The van der Waals surface area contributed by atoms with E-state index in [4.69, 9.17) is 45.6 Å². The van der Waals surface area contributed by atoms with E-state index in [2.05, 4.69) is 21.9 Å². The molecule has 1 aliphatic rings. The lowest BCUT2D eigenvalue weighted by Crippen LogP contribution is -2.46. The summed E-state index contributed by atoms with van der Waals surface area (Å²) >= 11 is 5.98. The third-order valence-electron chi connectivity index (χ3n) is 4.93. The SMILES string of the molecule is COc1cc(OC)c(OC)cc1CN1CCN(c2ccc(Cl)cc2)CC1.O=C(O)C(=O)O. The number of halogens is 1. The fraction of sp³-hybridized carbons (Fsp3) is 0.364. The van der Waals surface area contributed by atoms with E-state index in [1.807, 2.05) is 24.3 Å². The van der Waals surface area contributed by atoms with Crippen molar-refractivity contribution in [2.75, 3.05) is 52.4 Å². The van der Waals surface area contributed by atoms with Crippen LogP contribution in [0.15, 0.2) is 36.4 Å². The minimum atomic E-state index is -1.82. The van der Waals surface area contributed by atoms with Crippen LogP contribution in [0.5, 0.6) is 17.2 Å². The zero-order chi connectivity index (χ0) is 23.7. The highest BCUT2D eigenvalue weighted by Gasteiger charge is 2.20. The van der Waals surface area contributed by atoms with Crippen molar-refractivity contribution in [3.63, 3.8) is 0 Å². The summed E-state index contributed by atoms with van der Waals surface area (Å²) in [5.41, 5.74) is 2.32. The molecule has 2 aromatic rings. The molecule has 174 valence electrons. The number of nitrogens with zero attached hydrogens (tertiary/aromatic N) is 2. The maximum atomic E-state index is 9.10. The maximum Gasteiger partial charge on any atom is 0.414 e. The number of benzene rings is 2. The van der Waals surface area contributed by atoms with Gasteiger partial charge in [-0.1, -0.05) is 11.6 Å². The number of ether oxygens (including phenoxy) is 3. The number of carbonyl (C=O) groups is 2. The summed E-state index contributed by atoms with van der Waals surface area (Å²) in [4.78, 5) is 23.0. The van der Waals surface area contributed by atoms with Crippen LogP contribution in [0.3, 0.4) is 0 Å². The number of carboxylic acids is 2. The summed E-state index contributed by atoms with van der Waals surface area (Å²) in [7, 11) is 4.97. The van der Waals surface area contributed by atoms with Crippen LogP contribution < -0.4 is 19.1 Å². The molecular weight excluding hydrogens is 440 g/mol. The molecule has 1 fully saturated rings. The van der Waals surface area contributed by atoms with Crippen molar-refractivity contribution < 1.29 is 34.0 Å². The Kier molecular flexibility index (Phi) is 9.42. The number of carboxylic acid groups (broad SMARTS) is 2. The summed E-state index contributed by atoms with van der Waals surface area (Å²) in [6, 6.07) is 11.9. The van der Waals surface area contributed by atoms with Gasteiger partial charge in [0.25, 0.3) is 0 Å². The average molecular weight is 467 g/mol. The number of piperazine rings is 1. The first-order valence-corrected chi connectivity index (χ1v) is 10.1. The van der Waals surface area contributed by atoms with Crippen LogP contribution in [0, 0.1) is 0 Å². The Bertz CT molecular complexity index is 901. The molecule has 0 aliphatic carbocycles. The molecule has 0 radical (unpaired) electrons. The van der Waals surface area contributed by atoms with Crippen molar-refractivity contribution in [3.05, 3.63) is 47.0 Å².